The van der Waals surface area contributed by atoms with Crippen LogP contribution < -0.4 is 16.6 Å². The first-order valence-electron chi connectivity index (χ1n) is 5.79. The molecule has 0 atom stereocenters. The van der Waals surface area contributed by atoms with Crippen LogP contribution in [0.3, 0.4) is 0 Å². The first-order valence-corrected chi connectivity index (χ1v) is 5.79. The van der Waals surface area contributed by atoms with E-state index in [9.17, 15) is 4.79 Å². The minimum Gasteiger partial charge on any atom is -0.349 e. The number of nitrogens with zero attached hydrogens (tertiary/aromatic N) is 1. The van der Waals surface area contributed by atoms with E-state index in [1.54, 1.807) is 6.07 Å². The van der Waals surface area contributed by atoms with Crippen molar-refractivity contribution in [2.75, 3.05) is 5.43 Å². The third-order valence-electron chi connectivity index (χ3n) is 2.52. The van der Waals surface area contributed by atoms with Crippen molar-refractivity contribution in [2.24, 2.45) is 5.84 Å². The van der Waals surface area contributed by atoms with Crippen LogP contribution in [-0.2, 0) is 0 Å². The minimum atomic E-state index is -0.202. The van der Waals surface area contributed by atoms with Gasteiger partial charge in [0, 0.05) is 11.4 Å². The van der Waals surface area contributed by atoms with Gasteiger partial charge in [0.25, 0.3) is 5.91 Å². The van der Waals surface area contributed by atoms with Gasteiger partial charge in [-0.05, 0) is 26.0 Å². The zero-order valence-corrected chi connectivity index (χ0v) is 10.4. The molecule has 5 nitrogen and oxygen atoms in total. The predicted octanol–water partition coefficient (Wildman–Crippen LogP) is 1.66. The second kappa shape index (κ2) is 5.01. The Morgan fingerprint density at radius 1 is 1.33 bits per heavy atom. The number of aromatic nitrogens is 1. The molecule has 0 aliphatic heterocycles. The molecule has 1 aromatic heterocycles. The Bertz CT molecular complexity index is 580. The molecular weight excluding hydrogens is 228 g/mol. The van der Waals surface area contributed by atoms with Crippen molar-refractivity contribution in [1.29, 1.82) is 0 Å². The van der Waals surface area contributed by atoms with Crippen LogP contribution in [0, 0.1) is 0 Å². The van der Waals surface area contributed by atoms with E-state index in [0.29, 0.717) is 11.4 Å². The van der Waals surface area contributed by atoms with Gasteiger partial charge in [0.2, 0.25) is 0 Å². The Labute approximate surface area is 105 Å². The number of amides is 1. The van der Waals surface area contributed by atoms with Crippen molar-refractivity contribution in [1.82, 2.24) is 10.3 Å². The summed E-state index contributed by atoms with van der Waals surface area (Å²) in [4.78, 5) is 16.3. The quantitative estimate of drug-likeness (QED) is 0.566. The molecule has 4 N–H and O–H groups in total. The molecule has 1 aromatic carbocycles. The van der Waals surface area contributed by atoms with Crippen molar-refractivity contribution in [3.63, 3.8) is 0 Å². The second-order valence-electron chi connectivity index (χ2n) is 4.34. The predicted molar refractivity (Wildman–Crippen MR) is 72.2 cm³/mol. The maximum Gasteiger partial charge on any atom is 0.270 e. The number of hydrogen-bond acceptors (Lipinski definition) is 4. The highest BCUT2D eigenvalue weighted by Gasteiger charge is 2.12. The summed E-state index contributed by atoms with van der Waals surface area (Å²) in [6.07, 6.45) is 0. The second-order valence-corrected chi connectivity index (χ2v) is 4.34. The fourth-order valence-electron chi connectivity index (χ4n) is 1.75. The molecule has 0 radical (unpaired) electrons. The minimum absolute atomic E-state index is 0.0695. The zero-order valence-electron chi connectivity index (χ0n) is 10.4. The molecule has 1 amide bonds. The van der Waals surface area contributed by atoms with E-state index in [1.165, 1.54) is 0 Å². The summed E-state index contributed by atoms with van der Waals surface area (Å²) in [5, 5.41) is 3.69. The van der Waals surface area contributed by atoms with Gasteiger partial charge in [-0.2, -0.15) is 0 Å². The standard InChI is InChI=1S/C13H16N4O/c1-8(2)15-13(18)12-7-11(17-14)9-5-3-4-6-10(9)16-12/h3-8H,14H2,1-2H3,(H,15,18)(H,16,17). The number of para-hydroxylation sites is 1. The Balaban J connectivity index is 2.50. The van der Waals surface area contributed by atoms with E-state index in [-0.39, 0.29) is 11.9 Å². The molecule has 0 saturated carbocycles. The largest absolute Gasteiger partial charge is 0.349 e. The molecule has 0 saturated heterocycles. The Kier molecular flexibility index (Phi) is 3.43. The van der Waals surface area contributed by atoms with Crippen LogP contribution >= 0.6 is 0 Å². The number of fused-ring (bicyclic) bond motifs is 1. The van der Waals surface area contributed by atoms with Gasteiger partial charge in [-0.15, -0.1) is 0 Å². The molecule has 5 heteroatoms. The van der Waals surface area contributed by atoms with E-state index in [4.69, 9.17) is 5.84 Å². The highest BCUT2D eigenvalue weighted by Crippen LogP contribution is 2.22. The lowest BCUT2D eigenvalue weighted by atomic mass is 10.1. The van der Waals surface area contributed by atoms with Gasteiger partial charge < -0.3 is 10.7 Å². The van der Waals surface area contributed by atoms with Gasteiger partial charge in [-0.3, -0.25) is 10.6 Å². The highest BCUT2D eigenvalue weighted by atomic mass is 16.1. The molecular formula is C13H16N4O. The lowest BCUT2D eigenvalue weighted by molar-refractivity contribution is 0.0938. The van der Waals surface area contributed by atoms with Crippen LogP contribution in [0.5, 0.6) is 0 Å². The fourth-order valence-corrected chi connectivity index (χ4v) is 1.75. The van der Waals surface area contributed by atoms with Gasteiger partial charge in [-0.1, -0.05) is 18.2 Å². The number of benzene rings is 1. The summed E-state index contributed by atoms with van der Waals surface area (Å²) in [5.41, 5.74) is 4.38. The third-order valence-corrected chi connectivity index (χ3v) is 2.52. The molecule has 0 aliphatic carbocycles. The smallest absolute Gasteiger partial charge is 0.270 e. The Morgan fingerprint density at radius 3 is 2.72 bits per heavy atom. The number of nitrogens with two attached hydrogens (primary N) is 1. The summed E-state index contributed by atoms with van der Waals surface area (Å²) < 4.78 is 0. The van der Waals surface area contributed by atoms with E-state index in [1.807, 2.05) is 38.1 Å². The highest BCUT2D eigenvalue weighted by molar-refractivity contribution is 5.99. The Morgan fingerprint density at radius 2 is 2.06 bits per heavy atom. The lowest BCUT2D eigenvalue weighted by Crippen LogP contribution is -2.30. The third kappa shape index (κ3) is 2.41. The summed E-state index contributed by atoms with van der Waals surface area (Å²) in [6.45, 7) is 3.81. The van der Waals surface area contributed by atoms with Crippen molar-refractivity contribution >= 4 is 22.5 Å². The topological polar surface area (TPSA) is 80.0 Å². The molecule has 2 aromatic rings. The van der Waals surface area contributed by atoms with Gasteiger partial charge in [-0.25, -0.2) is 4.98 Å². The van der Waals surface area contributed by atoms with Gasteiger partial charge in [0.15, 0.2) is 0 Å². The number of carbonyl (C=O) groups excluding carboxylic acids is 1. The van der Waals surface area contributed by atoms with Gasteiger partial charge >= 0.3 is 0 Å². The first-order chi connectivity index (χ1) is 8.61. The maximum absolute atomic E-state index is 11.9. The first kappa shape index (κ1) is 12.3. The number of nitrogen functional groups attached to an aromatic ring is 1. The Hall–Kier alpha value is -2.14. The number of rotatable bonds is 3. The summed E-state index contributed by atoms with van der Waals surface area (Å²) >= 11 is 0. The van der Waals surface area contributed by atoms with Gasteiger partial charge in [0.1, 0.15) is 5.69 Å². The maximum atomic E-state index is 11.9. The van der Waals surface area contributed by atoms with Crippen LogP contribution in [0.25, 0.3) is 10.9 Å². The molecule has 18 heavy (non-hydrogen) atoms. The van der Waals surface area contributed by atoms with Crippen LogP contribution in [0.1, 0.15) is 24.3 Å². The average molecular weight is 244 g/mol. The normalized spacial score (nSPS) is 10.7. The number of nitrogens with one attached hydrogen (secondary N) is 2. The van der Waals surface area contributed by atoms with Crippen LogP contribution in [0.4, 0.5) is 5.69 Å². The zero-order chi connectivity index (χ0) is 13.1. The molecule has 0 bridgehead atoms. The van der Waals surface area contributed by atoms with E-state index in [2.05, 4.69) is 15.7 Å². The fraction of sp³-hybridized carbons (Fsp3) is 0.231. The van der Waals surface area contributed by atoms with Crippen LogP contribution in [-0.4, -0.2) is 16.9 Å². The van der Waals surface area contributed by atoms with Crippen molar-refractivity contribution in [3.8, 4) is 0 Å². The molecule has 2 rings (SSSR count). The van der Waals surface area contributed by atoms with Gasteiger partial charge in [0.05, 0.1) is 11.2 Å². The lowest BCUT2D eigenvalue weighted by Gasteiger charge is -2.11. The molecule has 0 unspecified atom stereocenters. The van der Waals surface area contributed by atoms with E-state index < -0.39 is 0 Å². The summed E-state index contributed by atoms with van der Waals surface area (Å²) in [5.74, 6) is 5.28. The van der Waals surface area contributed by atoms with E-state index >= 15 is 0 Å². The van der Waals surface area contributed by atoms with Crippen molar-refractivity contribution < 1.29 is 4.79 Å². The number of carbonyl (C=O) groups is 1. The van der Waals surface area contributed by atoms with Crippen molar-refractivity contribution in [2.45, 2.75) is 19.9 Å². The molecule has 94 valence electrons. The molecule has 1 heterocycles. The SMILES string of the molecule is CC(C)NC(=O)c1cc(NN)c2ccccc2n1. The summed E-state index contributed by atoms with van der Waals surface area (Å²) in [6, 6.07) is 9.25. The number of anilines is 1. The molecule has 0 spiro atoms. The summed E-state index contributed by atoms with van der Waals surface area (Å²) in [7, 11) is 0. The van der Waals surface area contributed by atoms with Crippen LogP contribution in [0.2, 0.25) is 0 Å². The molecule has 0 fully saturated rings. The number of hydrazine groups is 1. The monoisotopic (exact) mass is 244 g/mol. The number of hydrogen-bond donors (Lipinski definition) is 3. The number of pyridine rings is 1. The van der Waals surface area contributed by atoms with Crippen molar-refractivity contribution in [3.05, 3.63) is 36.0 Å². The average Bonchev–Trinajstić information content (AvgIpc) is 2.36. The van der Waals surface area contributed by atoms with Crippen LogP contribution in [0.15, 0.2) is 30.3 Å². The van der Waals surface area contributed by atoms with E-state index in [0.717, 1.165) is 10.9 Å². The molecule has 0 aliphatic rings.